The molecule has 0 radical (unpaired) electrons. The zero-order valence-corrected chi connectivity index (χ0v) is 12.2. The third-order valence-electron chi connectivity index (χ3n) is 3.81. The second kappa shape index (κ2) is 7.05. The fraction of sp³-hybridized carbons (Fsp3) is 0.600. The molecule has 100 valence electrons. The number of thioether (sulfide) groups is 1. The van der Waals surface area contributed by atoms with Crippen LogP contribution in [-0.2, 0) is 0 Å². The van der Waals surface area contributed by atoms with Crippen molar-refractivity contribution < 1.29 is 0 Å². The van der Waals surface area contributed by atoms with Gasteiger partial charge in [0.05, 0.1) is 0 Å². The molecule has 1 atom stereocenters. The standard InChI is InChI=1S/C15H24N2S/c1-13(12-16-14-6-4-3-5-7-14)17-10-8-15(18-2)9-11-17/h3-7,13,15-16H,8-12H2,1-2H3. The smallest absolute Gasteiger partial charge is 0.0340 e. The lowest BCUT2D eigenvalue weighted by molar-refractivity contribution is 0.184. The van der Waals surface area contributed by atoms with E-state index in [0.29, 0.717) is 6.04 Å². The molecule has 0 bridgehead atoms. The van der Waals surface area contributed by atoms with Gasteiger partial charge in [0.1, 0.15) is 0 Å². The minimum absolute atomic E-state index is 0.619. The van der Waals surface area contributed by atoms with Crippen molar-refractivity contribution in [3.8, 4) is 0 Å². The maximum Gasteiger partial charge on any atom is 0.0340 e. The first-order chi connectivity index (χ1) is 8.79. The molecule has 1 aromatic rings. The molecule has 0 saturated carbocycles. The molecular weight excluding hydrogens is 240 g/mol. The van der Waals surface area contributed by atoms with Gasteiger partial charge in [0.2, 0.25) is 0 Å². The highest BCUT2D eigenvalue weighted by Crippen LogP contribution is 2.22. The van der Waals surface area contributed by atoms with Crippen molar-refractivity contribution in [1.82, 2.24) is 4.90 Å². The summed E-state index contributed by atoms with van der Waals surface area (Å²) in [7, 11) is 0. The Labute approximate surface area is 115 Å². The van der Waals surface area contributed by atoms with Gasteiger partial charge in [-0.05, 0) is 51.2 Å². The number of nitrogens with zero attached hydrogens (tertiary/aromatic N) is 1. The van der Waals surface area contributed by atoms with Crippen molar-refractivity contribution in [2.75, 3.05) is 31.2 Å². The van der Waals surface area contributed by atoms with Gasteiger partial charge in [0, 0.05) is 23.5 Å². The van der Waals surface area contributed by atoms with Crippen LogP contribution in [0.3, 0.4) is 0 Å². The van der Waals surface area contributed by atoms with Gasteiger partial charge in [-0.2, -0.15) is 11.8 Å². The van der Waals surface area contributed by atoms with Crippen LogP contribution in [0.5, 0.6) is 0 Å². The average Bonchev–Trinajstić information content (AvgIpc) is 2.46. The Bertz CT molecular complexity index is 334. The van der Waals surface area contributed by atoms with Gasteiger partial charge in [0.25, 0.3) is 0 Å². The molecule has 1 fully saturated rings. The van der Waals surface area contributed by atoms with Crippen LogP contribution in [0.1, 0.15) is 19.8 Å². The van der Waals surface area contributed by atoms with E-state index in [9.17, 15) is 0 Å². The predicted octanol–water partition coefficient (Wildman–Crippen LogP) is 3.31. The summed E-state index contributed by atoms with van der Waals surface area (Å²) in [6, 6.07) is 11.1. The lowest BCUT2D eigenvalue weighted by atomic mass is 10.1. The van der Waals surface area contributed by atoms with E-state index in [0.717, 1.165) is 11.8 Å². The topological polar surface area (TPSA) is 15.3 Å². The number of likely N-dealkylation sites (tertiary alicyclic amines) is 1. The van der Waals surface area contributed by atoms with Crippen molar-refractivity contribution in [2.45, 2.75) is 31.1 Å². The zero-order valence-electron chi connectivity index (χ0n) is 11.4. The number of hydrogen-bond donors (Lipinski definition) is 1. The van der Waals surface area contributed by atoms with Gasteiger partial charge in [-0.1, -0.05) is 18.2 Å². The summed E-state index contributed by atoms with van der Waals surface area (Å²) in [4.78, 5) is 2.61. The van der Waals surface area contributed by atoms with Crippen LogP contribution in [0.25, 0.3) is 0 Å². The van der Waals surface area contributed by atoms with E-state index in [-0.39, 0.29) is 0 Å². The van der Waals surface area contributed by atoms with E-state index < -0.39 is 0 Å². The minimum Gasteiger partial charge on any atom is -0.383 e. The predicted molar refractivity (Wildman–Crippen MR) is 82.5 cm³/mol. The third-order valence-corrected chi connectivity index (χ3v) is 4.95. The summed E-state index contributed by atoms with van der Waals surface area (Å²) >= 11 is 2.03. The lowest BCUT2D eigenvalue weighted by Gasteiger charge is -2.35. The number of nitrogens with one attached hydrogen (secondary N) is 1. The Balaban J connectivity index is 1.73. The third kappa shape index (κ3) is 3.92. The van der Waals surface area contributed by atoms with Gasteiger partial charge in [-0.25, -0.2) is 0 Å². The first-order valence-corrected chi connectivity index (χ1v) is 8.14. The lowest BCUT2D eigenvalue weighted by Crippen LogP contribution is -2.43. The number of rotatable bonds is 5. The SMILES string of the molecule is CSC1CCN(C(C)CNc2ccccc2)CC1. The van der Waals surface area contributed by atoms with E-state index in [4.69, 9.17) is 0 Å². The molecule has 0 spiro atoms. The zero-order chi connectivity index (χ0) is 12.8. The molecule has 1 saturated heterocycles. The van der Waals surface area contributed by atoms with Crippen molar-refractivity contribution >= 4 is 17.4 Å². The first kappa shape index (κ1) is 13.8. The number of para-hydroxylation sites is 1. The second-order valence-corrected chi connectivity index (χ2v) is 6.21. The summed E-state index contributed by atoms with van der Waals surface area (Å²) in [5, 5.41) is 4.40. The van der Waals surface area contributed by atoms with Gasteiger partial charge in [-0.3, -0.25) is 4.90 Å². The Kier molecular flexibility index (Phi) is 5.39. The van der Waals surface area contributed by atoms with Crippen LogP contribution in [-0.4, -0.2) is 42.1 Å². The van der Waals surface area contributed by atoms with Crippen LogP contribution in [0.15, 0.2) is 30.3 Å². The van der Waals surface area contributed by atoms with Crippen LogP contribution in [0.2, 0.25) is 0 Å². The fourth-order valence-corrected chi connectivity index (χ4v) is 3.19. The van der Waals surface area contributed by atoms with Crippen LogP contribution < -0.4 is 5.32 Å². The number of piperidine rings is 1. The molecule has 1 aliphatic heterocycles. The van der Waals surface area contributed by atoms with E-state index in [2.05, 4.69) is 53.7 Å². The van der Waals surface area contributed by atoms with E-state index in [1.54, 1.807) is 0 Å². The van der Waals surface area contributed by atoms with Gasteiger partial charge in [-0.15, -0.1) is 0 Å². The quantitative estimate of drug-likeness (QED) is 0.878. The first-order valence-electron chi connectivity index (χ1n) is 6.85. The average molecular weight is 264 g/mol. The molecule has 1 aliphatic rings. The normalized spacial score (nSPS) is 19.7. The maximum atomic E-state index is 3.52. The molecule has 2 rings (SSSR count). The molecule has 1 aromatic carbocycles. The molecule has 0 aliphatic carbocycles. The minimum atomic E-state index is 0.619. The summed E-state index contributed by atoms with van der Waals surface area (Å²) in [6.07, 6.45) is 4.93. The molecule has 0 aromatic heterocycles. The van der Waals surface area contributed by atoms with Gasteiger partial charge < -0.3 is 5.32 Å². The van der Waals surface area contributed by atoms with Crippen LogP contribution in [0.4, 0.5) is 5.69 Å². The number of hydrogen-bond acceptors (Lipinski definition) is 3. The summed E-state index contributed by atoms with van der Waals surface area (Å²) in [6.45, 7) is 5.87. The Morgan fingerprint density at radius 2 is 1.94 bits per heavy atom. The number of benzene rings is 1. The fourth-order valence-electron chi connectivity index (χ4n) is 2.50. The molecule has 1 unspecified atom stereocenters. The highest BCUT2D eigenvalue weighted by atomic mass is 32.2. The summed E-state index contributed by atoms with van der Waals surface area (Å²) in [5.41, 5.74) is 1.23. The largest absolute Gasteiger partial charge is 0.383 e. The Hall–Kier alpha value is -0.670. The van der Waals surface area contributed by atoms with E-state index in [1.165, 1.54) is 31.6 Å². The molecule has 1 N–H and O–H groups in total. The molecule has 0 amide bonds. The maximum absolute atomic E-state index is 3.52. The van der Waals surface area contributed by atoms with Crippen molar-refractivity contribution in [2.24, 2.45) is 0 Å². The van der Waals surface area contributed by atoms with Crippen LogP contribution >= 0.6 is 11.8 Å². The Morgan fingerprint density at radius 1 is 1.28 bits per heavy atom. The van der Waals surface area contributed by atoms with Crippen molar-refractivity contribution in [3.05, 3.63) is 30.3 Å². The van der Waals surface area contributed by atoms with Crippen molar-refractivity contribution in [1.29, 1.82) is 0 Å². The summed E-state index contributed by atoms with van der Waals surface area (Å²) in [5.74, 6) is 0. The molecular formula is C15H24N2S. The number of anilines is 1. The van der Waals surface area contributed by atoms with Gasteiger partial charge in [0.15, 0.2) is 0 Å². The molecule has 1 heterocycles. The monoisotopic (exact) mass is 264 g/mol. The molecule has 18 heavy (non-hydrogen) atoms. The second-order valence-electron chi connectivity index (χ2n) is 5.07. The van der Waals surface area contributed by atoms with Crippen LogP contribution in [0, 0.1) is 0 Å². The van der Waals surface area contributed by atoms with E-state index in [1.807, 2.05) is 11.8 Å². The van der Waals surface area contributed by atoms with Crippen molar-refractivity contribution in [3.63, 3.8) is 0 Å². The Morgan fingerprint density at radius 3 is 2.56 bits per heavy atom. The molecule has 2 nitrogen and oxygen atoms in total. The highest BCUT2D eigenvalue weighted by Gasteiger charge is 2.21. The molecule has 3 heteroatoms. The van der Waals surface area contributed by atoms with E-state index >= 15 is 0 Å². The van der Waals surface area contributed by atoms with Gasteiger partial charge >= 0.3 is 0 Å². The highest BCUT2D eigenvalue weighted by molar-refractivity contribution is 7.99. The summed E-state index contributed by atoms with van der Waals surface area (Å²) < 4.78 is 0.